The number of thiocarbonyl (C=S) groups is 1. The molecule has 0 aromatic heterocycles. The third-order valence-electron chi connectivity index (χ3n) is 8.43. The van der Waals surface area contributed by atoms with Gasteiger partial charge >= 0.3 is 6.09 Å². The van der Waals surface area contributed by atoms with Gasteiger partial charge in [0.05, 0.1) is 11.1 Å². The van der Waals surface area contributed by atoms with E-state index in [0.717, 1.165) is 24.4 Å². The number of hydrogen-bond acceptors (Lipinski definition) is 4. The highest BCUT2D eigenvalue weighted by atomic mass is 32.1. The minimum absolute atomic E-state index is 0.0537. The lowest BCUT2D eigenvalue weighted by Crippen LogP contribution is -2.44. The maximum absolute atomic E-state index is 12.1. The SMILES string of the molecule is CC(C)(C)OC(=O)NCCCN1C(=S)[C@H]2CCCC[C@H]2[C@H]1C[C@@H](O[Si](C)(C)C(C)(C)C)c1ccccc1. The van der Waals surface area contributed by atoms with E-state index in [2.05, 4.69) is 74.4 Å². The van der Waals surface area contributed by atoms with Crippen LogP contribution in [0, 0.1) is 11.8 Å². The van der Waals surface area contributed by atoms with Gasteiger partial charge < -0.3 is 19.4 Å². The number of carbonyl (C=O) groups excluding carboxylic acids is 1. The molecule has 1 saturated heterocycles. The lowest BCUT2D eigenvalue weighted by atomic mass is 9.77. The minimum Gasteiger partial charge on any atom is -0.444 e. The van der Waals surface area contributed by atoms with Crippen molar-refractivity contribution in [2.24, 2.45) is 11.8 Å². The largest absolute Gasteiger partial charge is 0.444 e. The molecule has 37 heavy (non-hydrogen) atoms. The number of ether oxygens (including phenoxy) is 1. The van der Waals surface area contributed by atoms with Crippen LogP contribution in [0.2, 0.25) is 18.1 Å². The highest BCUT2D eigenvalue weighted by molar-refractivity contribution is 7.80. The van der Waals surface area contributed by atoms with Crippen LogP contribution >= 0.6 is 12.2 Å². The molecule has 1 heterocycles. The number of hydrogen-bond donors (Lipinski definition) is 1. The van der Waals surface area contributed by atoms with Crippen LogP contribution in [0.25, 0.3) is 0 Å². The third-order valence-corrected chi connectivity index (χ3v) is 13.5. The predicted octanol–water partition coefficient (Wildman–Crippen LogP) is 7.87. The van der Waals surface area contributed by atoms with E-state index >= 15 is 0 Å². The van der Waals surface area contributed by atoms with Gasteiger partial charge in [-0.25, -0.2) is 4.79 Å². The van der Waals surface area contributed by atoms with Crippen molar-refractivity contribution in [3.63, 3.8) is 0 Å². The smallest absolute Gasteiger partial charge is 0.407 e. The van der Waals surface area contributed by atoms with Gasteiger partial charge in [-0.05, 0) is 76.1 Å². The van der Waals surface area contributed by atoms with Gasteiger partial charge in [0.25, 0.3) is 0 Å². The van der Waals surface area contributed by atoms with E-state index in [1.165, 1.54) is 31.2 Å². The average molecular weight is 547 g/mol. The fourth-order valence-electron chi connectivity index (χ4n) is 5.54. The normalized spacial score (nSPS) is 23.5. The van der Waals surface area contributed by atoms with Crippen LogP contribution < -0.4 is 5.32 Å². The quantitative estimate of drug-likeness (QED) is 0.194. The van der Waals surface area contributed by atoms with Crippen LogP contribution in [-0.4, -0.2) is 49.0 Å². The summed E-state index contributed by atoms with van der Waals surface area (Å²) in [4.78, 5) is 15.7. The molecule has 0 radical (unpaired) electrons. The molecule has 5 nitrogen and oxygen atoms in total. The van der Waals surface area contributed by atoms with E-state index in [4.69, 9.17) is 21.4 Å². The first-order chi connectivity index (χ1) is 17.2. The molecule has 1 N–H and O–H groups in total. The summed E-state index contributed by atoms with van der Waals surface area (Å²) in [6, 6.07) is 11.1. The molecule has 1 aromatic carbocycles. The zero-order valence-corrected chi connectivity index (χ0v) is 26.2. The highest BCUT2D eigenvalue weighted by Gasteiger charge is 2.47. The summed E-state index contributed by atoms with van der Waals surface area (Å²) in [5.41, 5.74) is 0.780. The highest BCUT2D eigenvalue weighted by Crippen LogP contribution is 2.47. The van der Waals surface area contributed by atoms with E-state index in [-0.39, 0.29) is 17.2 Å². The van der Waals surface area contributed by atoms with Crippen molar-refractivity contribution in [1.82, 2.24) is 10.2 Å². The summed E-state index contributed by atoms with van der Waals surface area (Å²) in [5.74, 6) is 1.09. The number of alkyl carbamates (subject to hydrolysis) is 1. The summed E-state index contributed by atoms with van der Waals surface area (Å²) < 4.78 is 12.5. The maximum Gasteiger partial charge on any atom is 0.407 e. The molecule has 0 bridgehead atoms. The van der Waals surface area contributed by atoms with Crippen LogP contribution in [0.15, 0.2) is 30.3 Å². The van der Waals surface area contributed by atoms with Crippen molar-refractivity contribution >= 4 is 31.6 Å². The molecule has 2 aliphatic rings. The summed E-state index contributed by atoms with van der Waals surface area (Å²) in [5, 5.41) is 3.06. The summed E-state index contributed by atoms with van der Waals surface area (Å²) in [6.45, 7) is 18.7. The lowest BCUT2D eigenvalue weighted by molar-refractivity contribution is 0.0525. The van der Waals surface area contributed by atoms with Crippen LogP contribution in [0.1, 0.15) is 91.7 Å². The van der Waals surface area contributed by atoms with Gasteiger partial charge in [-0.15, -0.1) is 0 Å². The van der Waals surface area contributed by atoms with Gasteiger partial charge in [-0.2, -0.15) is 0 Å². The number of benzene rings is 1. The molecule has 3 rings (SSSR count). The van der Waals surface area contributed by atoms with E-state index in [1.54, 1.807) is 0 Å². The second-order valence-corrected chi connectivity index (χ2v) is 18.6. The number of amides is 1. The first-order valence-electron chi connectivity index (χ1n) is 14.2. The number of likely N-dealkylation sites (tertiary alicyclic amines) is 1. The van der Waals surface area contributed by atoms with E-state index < -0.39 is 13.9 Å². The molecule has 208 valence electrons. The van der Waals surface area contributed by atoms with Gasteiger partial charge in [0, 0.05) is 25.0 Å². The van der Waals surface area contributed by atoms with Crippen molar-refractivity contribution in [2.75, 3.05) is 13.1 Å². The van der Waals surface area contributed by atoms with Gasteiger partial charge in [-0.1, -0.05) is 76.2 Å². The Morgan fingerprint density at radius 1 is 1.11 bits per heavy atom. The van der Waals surface area contributed by atoms with Crippen molar-refractivity contribution in [3.05, 3.63) is 35.9 Å². The molecule has 1 saturated carbocycles. The molecular formula is C30H50N2O3SSi. The minimum atomic E-state index is -1.98. The van der Waals surface area contributed by atoms with Crippen LogP contribution in [0.5, 0.6) is 0 Å². The molecule has 0 unspecified atom stereocenters. The molecule has 1 aliphatic heterocycles. The standard InChI is InChI=1S/C30H50N2O3SSi/c1-29(2,3)34-28(33)31-19-14-20-32-25(23-17-12-13-18-24(23)27(32)36)21-26(22-15-10-9-11-16-22)35-37(7,8)30(4,5)6/h9-11,15-16,23-26H,12-14,17-21H2,1-8H3,(H,31,33)/t23-,24+,25-,26-/m1/s1. The molecule has 1 amide bonds. The molecule has 4 atom stereocenters. The van der Waals surface area contributed by atoms with Crippen molar-refractivity contribution < 1.29 is 14.0 Å². The van der Waals surface area contributed by atoms with Gasteiger partial charge in [-0.3, -0.25) is 0 Å². The molecular weight excluding hydrogens is 496 g/mol. The molecule has 1 aromatic rings. The third kappa shape index (κ3) is 8.03. The summed E-state index contributed by atoms with van der Waals surface area (Å²) >= 11 is 6.11. The molecule has 0 spiro atoms. The zero-order chi connectivity index (χ0) is 27.4. The summed E-state index contributed by atoms with van der Waals surface area (Å²) in [6.07, 6.45) is 6.49. The fourth-order valence-corrected chi connectivity index (χ4v) is 7.35. The average Bonchev–Trinajstić information content (AvgIpc) is 3.06. The first-order valence-corrected chi connectivity index (χ1v) is 17.5. The van der Waals surface area contributed by atoms with Crippen LogP contribution in [0.4, 0.5) is 4.79 Å². The van der Waals surface area contributed by atoms with Gasteiger partial charge in [0.1, 0.15) is 5.60 Å². The Balaban J connectivity index is 1.77. The van der Waals surface area contributed by atoms with Crippen LogP contribution in [0.3, 0.4) is 0 Å². The Labute approximate surface area is 232 Å². The fraction of sp³-hybridized carbons (Fsp3) is 0.733. The van der Waals surface area contributed by atoms with Crippen LogP contribution in [-0.2, 0) is 9.16 Å². The van der Waals surface area contributed by atoms with Gasteiger partial charge in [0.15, 0.2) is 8.32 Å². The molecule has 7 heteroatoms. The Hall–Kier alpha value is -1.44. The maximum atomic E-state index is 12.1. The monoisotopic (exact) mass is 546 g/mol. The second kappa shape index (κ2) is 12.2. The Morgan fingerprint density at radius 2 is 1.76 bits per heavy atom. The number of rotatable bonds is 9. The summed E-state index contributed by atoms with van der Waals surface area (Å²) in [7, 11) is -1.98. The lowest BCUT2D eigenvalue weighted by Gasteiger charge is -2.41. The second-order valence-electron chi connectivity index (χ2n) is 13.4. The van der Waals surface area contributed by atoms with E-state index in [9.17, 15) is 4.79 Å². The van der Waals surface area contributed by atoms with Crippen molar-refractivity contribution in [2.45, 2.75) is 116 Å². The molecule has 2 fully saturated rings. The van der Waals surface area contributed by atoms with E-state index in [1.807, 2.05) is 20.8 Å². The first kappa shape index (κ1) is 30.1. The Bertz CT molecular complexity index is 910. The number of nitrogens with zero attached hydrogens (tertiary/aromatic N) is 1. The Morgan fingerprint density at radius 3 is 2.38 bits per heavy atom. The van der Waals surface area contributed by atoms with Crippen molar-refractivity contribution in [1.29, 1.82) is 0 Å². The van der Waals surface area contributed by atoms with E-state index in [0.29, 0.717) is 24.4 Å². The molecule has 1 aliphatic carbocycles. The predicted molar refractivity (Wildman–Crippen MR) is 159 cm³/mol. The number of carbonyl (C=O) groups is 1. The zero-order valence-electron chi connectivity index (χ0n) is 24.4. The topological polar surface area (TPSA) is 50.8 Å². The Kier molecular flexibility index (Phi) is 9.90. The van der Waals surface area contributed by atoms with Crippen molar-refractivity contribution in [3.8, 4) is 0 Å². The number of nitrogens with one attached hydrogen (secondary N) is 1. The van der Waals surface area contributed by atoms with Gasteiger partial charge in [0.2, 0.25) is 0 Å². The number of fused-ring (bicyclic) bond motifs is 1.